The fourth-order valence-corrected chi connectivity index (χ4v) is 2.74. The Morgan fingerprint density at radius 3 is 2.21 bits per heavy atom. The summed E-state index contributed by atoms with van der Waals surface area (Å²) < 4.78 is 11.3. The third-order valence-electron chi connectivity index (χ3n) is 3.57. The molecule has 0 fully saturated rings. The lowest BCUT2D eigenvalue weighted by molar-refractivity contribution is 0.0733. The Labute approximate surface area is 149 Å². The van der Waals surface area contributed by atoms with Crippen molar-refractivity contribution in [1.82, 2.24) is 0 Å². The number of halogens is 1. The Kier molecular flexibility index (Phi) is 4.96. The highest BCUT2D eigenvalue weighted by molar-refractivity contribution is 9.10. The van der Waals surface area contributed by atoms with Gasteiger partial charge in [-0.2, -0.15) is 0 Å². The van der Waals surface area contributed by atoms with Crippen molar-refractivity contribution in [1.29, 1.82) is 0 Å². The summed E-state index contributed by atoms with van der Waals surface area (Å²) in [6, 6.07) is 22.5. The van der Waals surface area contributed by atoms with E-state index in [1.807, 2.05) is 42.5 Å². The van der Waals surface area contributed by atoms with Gasteiger partial charge in [-0.05, 0) is 63.5 Å². The van der Waals surface area contributed by atoms with Crippen molar-refractivity contribution in [2.45, 2.75) is 0 Å². The fourth-order valence-electron chi connectivity index (χ4n) is 2.28. The summed E-state index contributed by atoms with van der Waals surface area (Å²) in [5.41, 5.74) is 2.62. The summed E-state index contributed by atoms with van der Waals surface area (Å²) in [5.74, 6) is 0.765. The quantitative estimate of drug-likeness (QED) is 0.451. The fraction of sp³-hybridized carbons (Fsp3) is 0.0500. The smallest absolute Gasteiger partial charge is 0.343 e. The second-order valence-electron chi connectivity index (χ2n) is 5.13. The van der Waals surface area contributed by atoms with E-state index in [0.29, 0.717) is 17.1 Å². The summed E-state index contributed by atoms with van der Waals surface area (Å²) in [5, 5.41) is 0. The molecule has 24 heavy (non-hydrogen) atoms. The third-order valence-corrected chi connectivity index (χ3v) is 4.19. The molecule has 0 aliphatic carbocycles. The summed E-state index contributed by atoms with van der Waals surface area (Å²) in [7, 11) is 1.58. The van der Waals surface area contributed by atoms with E-state index in [4.69, 9.17) is 9.47 Å². The van der Waals surface area contributed by atoms with Crippen LogP contribution < -0.4 is 9.47 Å². The Balaban J connectivity index is 1.78. The van der Waals surface area contributed by atoms with E-state index in [1.54, 1.807) is 37.4 Å². The van der Waals surface area contributed by atoms with E-state index in [9.17, 15) is 4.79 Å². The molecule has 0 aliphatic heterocycles. The molecule has 3 aromatic carbocycles. The van der Waals surface area contributed by atoms with E-state index in [0.717, 1.165) is 15.6 Å². The Morgan fingerprint density at radius 1 is 0.875 bits per heavy atom. The van der Waals surface area contributed by atoms with Gasteiger partial charge in [0.2, 0.25) is 0 Å². The van der Waals surface area contributed by atoms with Gasteiger partial charge >= 0.3 is 5.97 Å². The lowest BCUT2D eigenvalue weighted by Crippen LogP contribution is -2.08. The molecule has 0 aliphatic rings. The zero-order valence-electron chi connectivity index (χ0n) is 13.0. The summed E-state index contributed by atoms with van der Waals surface area (Å²) in [6.07, 6.45) is 0. The van der Waals surface area contributed by atoms with E-state index in [-0.39, 0.29) is 0 Å². The largest absolute Gasteiger partial charge is 0.497 e. The van der Waals surface area contributed by atoms with Crippen LogP contribution in [-0.4, -0.2) is 13.1 Å². The van der Waals surface area contributed by atoms with E-state index in [1.165, 1.54) is 0 Å². The molecule has 0 unspecified atom stereocenters. The average molecular weight is 383 g/mol. The zero-order valence-corrected chi connectivity index (χ0v) is 14.6. The number of esters is 1. The molecule has 3 rings (SSSR count). The summed E-state index contributed by atoms with van der Waals surface area (Å²) in [4.78, 5) is 12.2. The minimum atomic E-state index is -0.411. The highest BCUT2D eigenvalue weighted by Crippen LogP contribution is 2.31. The van der Waals surface area contributed by atoms with Gasteiger partial charge in [-0.25, -0.2) is 4.79 Å². The average Bonchev–Trinajstić information content (AvgIpc) is 2.64. The van der Waals surface area contributed by atoms with Crippen molar-refractivity contribution in [2.75, 3.05) is 7.11 Å². The maximum absolute atomic E-state index is 12.2. The highest BCUT2D eigenvalue weighted by atomic mass is 79.9. The second kappa shape index (κ2) is 7.32. The Bertz CT molecular complexity index is 843. The molecule has 0 radical (unpaired) electrons. The van der Waals surface area contributed by atoms with E-state index >= 15 is 0 Å². The first-order valence-electron chi connectivity index (χ1n) is 7.38. The van der Waals surface area contributed by atoms with Crippen LogP contribution in [0.3, 0.4) is 0 Å². The zero-order chi connectivity index (χ0) is 16.9. The van der Waals surface area contributed by atoms with Gasteiger partial charge in [0, 0.05) is 0 Å². The Morgan fingerprint density at radius 2 is 1.58 bits per heavy atom. The highest BCUT2D eigenvalue weighted by Gasteiger charge is 2.12. The lowest BCUT2D eigenvalue weighted by atomic mass is 10.1. The van der Waals surface area contributed by atoms with E-state index < -0.39 is 5.97 Å². The number of ether oxygens (including phenoxy) is 2. The molecular weight excluding hydrogens is 368 g/mol. The predicted molar refractivity (Wildman–Crippen MR) is 97.5 cm³/mol. The van der Waals surface area contributed by atoms with Gasteiger partial charge in [0.05, 0.1) is 17.1 Å². The number of methoxy groups -OCH3 is 1. The molecule has 3 nitrogen and oxygen atoms in total. The maximum atomic E-state index is 12.2. The van der Waals surface area contributed by atoms with Crippen molar-refractivity contribution < 1.29 is 14.3 Å². The van der Waals surface area contributed by atoms with Crippen molar-refractivity contribution in [3.8, 4) is 22.6 Å². The molecule has 0 N–H and O–H groups in total. The standard InChI is InChI=1S/C20H15BrO3/c1-23-17-10-7-15(8-11-17)20(22)24-19-12-9-16(13-18(19)21)14-5-3-2-4-6-14/h2-13H,1H3. The van der Waals surface area contributed by atoms with Crippen molar-refractivity contribution in [3.05, 3.63) is 82.8 Å². The van der Waals surface area contributed by atoms with Gasteiger partial charge in [-0.1, -0.05) is 36.4 Å². The van der Waals surface area contributed by atoms with Crippen LogP contribution in [0, 0.1) is 0 Å². The van der Waals surface area contributed by atoms with Crippen LogP contribution in [0.1, 0.15) is 10.4 Å². The number of carbonyl (C=O) groups excluding carboxylic acids is 1. The molecule has 0 atom stereocenters. The van der Waals surface area contributed by atoms with Crippen LogP contribution in [0.15, 0.2) is 77.3 Å². The first-order chi connectivity index (χ1) is 11.7. The number of hydrogen-bond donors (Lipinski definition) is 0. The van der Waals surface area contributed by atoms with Gasteiger partial charge < -0.3 is 9.47 Å². The van der Waals surface area contributed by atoms with Crippen LogP contribution >= 0.6 is 15.9 Å². The minimum Gasteiger partial charge on any atom is -0.497 e. The molecule has 0 bridgehead atoms. The van der Waals surface area contributed by atoms with Crippen LogP contribution in [-0.2, 0) is 0 Å². The molecule has 120 valence electrons. The Hall–Kier alpha value is -2.59. The normalized spacial score (nSPS) is 10.2. The molecule has 0 amide bonds. The molecular formula is C20H15BrO3. The van der Waals surface area contributed by atoms with Crippen molar-refractivity contribution in [3.63, 3.8) is 0 Å². The molecule has 0 saturated carbocycles. The number of benzene rings is 3. The monoisotopic (exact) mass is 382 g/mol. The van der Waals surface area contributed by atoms with Crippen molar-refractivity contribution in [2.24, 2.45) is 0 Å². The van der Waals surface area contributed by atoms with Gasteiger partial charge in [0.15, 0.2) is 0 Å². The lowest BCUT2D eigenvalue weighted by Gasteiger charge is -2.09. The molecule has 4 heteroatoms. The molecule has 3 aromatic rings. The van der Waals surface area contributed by atoms with Crippen LogP contribution in [0.5, 0.6) is 11.5 Å². The maximum Gasteiger partial charge on any atom is 0.343 e. The van der Waals surface area contributed by atoms with Crippen LogP contribution in [0.25, 0.3) is 11.1 Å². The molecule has 0 heterocycles. The summed E-state index contributed by atoms with van der Waals surface area (Å²) >= 11 is 3.47. The second-order valence-corrected chi connectivity index (χ2v) is 5.98. The third kappa shape index (κ3) is 3.66. The van der Waals surface area contributed by atoms with Gasteiger partial charge in [0.1, 0.15) is 11.5 Å². The predicted octanol–water partition coefficient (Wildman–Crippen LogP) is 5.34. The molecule has 0 aromatic heterocycles. The number of carbonyl (C=O) groups is 1. The van der Waals surface area contributed by atoms with Crippen LogP contribution in [0.4, 0.5) is 0 Å². The van der Waals surface area contributed by atoms with Gasteiger partial charge in [-0.15, -0.1) is 0 Å². The van der Waals surface area contributed by atoms with Gasteiger partial charge in [0.25, 0.3) is 0 Å². The summed E-state index contributed by atoms with van der Waals surface area (Å²) in [6.45, 7) is 0. The first kappa shape index (κ1) is 16.3. The topological polar surface area (TPSA) is 35.5 Å². The molecule has 0 spiro atoms. The first-order valence-corrected chi connectivity index (χ1v) is 8.18. The van der Waals surface area contributed by atoms with Crippen LogP contribution in [0.2, 0.25) is 0 Å². The van der Waals surface area contributed by atoms with Crippen molar-refractivity contribution >= 4 is 21.9 Å². The van der Waals surface area contributed by atoms with Gasteiger partial charge in [-0.3, -0.25) is 0 Å². The number of hydrogen-bond acceptors (Lipinski definition) is 3. The number of rotatable bonds is 4. The SMILES string of the molecule is COc1ccc(C(=O)Oc2ccc(-c3ccccc3)cc2Br)cc1. The van der Waals surface area contributed by atoms with E-state index in [2.05, 4.69) is 15.9 Å². The minimum absolute atomic E-state index is 0.411. The molecule has 0 saturated heterocycles.